The highest BCUT2D eigenvalue weighted by atomic mass is 19.4. The number of carbonyl (C=O) groups excluding carboxylic acids is 1. The Morgan fingerprint density at radius 3 is 2.62 bits per heavy atom. The van der Waals surface area contributed by atoms with E-state index in [2.05, 4.69) is 32.2 Å². The number of nitrogens with one attached hydrogen (secondary N) is 1. The highest BCUT2D eigenvalue weighted by Crippen LogP contribution is 2.59. The summed E-state index contributed by atoms with van der Waals surface area (Å²) in [6.07, 6.45) is -3.56. The van der Waals surface area contributed by atoms with Gasteiger partial charge in [0.05, 0.1) is 43.0 Å². The van der Waals surface area contributed by atoms with Crippen LogP contribution in [-0.2, 0) is 16.6 Å². The van der Waals surface area contributed by atoms with Crippen molar-refractivity contribution < 1.29 is 36.4 Å². The summed E-state index contributed by atoms with van der Waals surface area (Å²) in [5, 5.41) is 5.87. The number of carbonyl (C=O) groups is 1. The normalized spacial score (nSPS) is 14.1. The molecule has 1 amide bonds. The van der Waals surface area contributed by atoms with Crippen LogP contribution < -0.4 is 14.8 Å². The van der Waals surface area contributed by atoms with Gasteiger partial charge >= 0.3 is 6.18 Å². The van der Waals surface area contributed by atoms with Crippen molar-refractivity contribution in [3.63, 3.8) is 0 Å². The van der Waals surface area contributed by atoms with Gasteiger partial charge in [-0.1, -0.05) is 17.3 Å². The van der Waals surface area contributed by atoms with Gasteiger partial charge in [0.25, 0.3) is 0 Å². The monoisotopic (exact) mass is 557 g/mol. The van der Waals surface area contributed by atoms with Gasteiger partial charge in [0.15, 0.2) is 23.1 Å². The molecule has 208 valence electrons. The van der Waals surface area contributed by atoms with Crippen molar-refractivity contribution in [2.75, 3.05) is 25.6 Å². The van der Waals surface area contributed by atoms with Crippen LogP contribution in [0.15, 0.2) is 52.1 Å². The van der Waals surface area contributed by atoms with E-state index in [1.807, 2.05) is 0 Å². The van der Waals surface area contributed by atoms with Gasteiger partial charge in [0.1, 0.15) is 17.8 Å². The fraction of sp³-hybridized carbons (Fsp3) is 0.296. The van der Waals surface area contributed by atoms with Crippen LogP contribution in [0, 0.1) is 5.82 Å². The second-order valence-electron chi connectivity index (χ2n) is 9.23. The molecule has 2 aromatic carbocycles. The number of benzene rings is 2. The third-order valence-electron chi connectivity index (χ3n) is 6.58. The second-order valence-corrected chi connectivity index (χ2v) is 9.23. The summed E-state index contributed by atoms with van der Waals surface area (Å²) in [6.45, 7) is 4.15. The first kappa shape index (κ1) is 27.0. The van der Waals surface area contributed by atoms with Gasteiger partial charge in [-0.3, -0.25) is 14.8 Å². The predicted octanol–water partition coefficient (Wildman–Crippen LogP) is 5.29. The summed E-state index contributed by atoms with van der Waals surface area (Å²) in [4.78, 5) is 25.1. The first-order chi connectivity index (χ1) is 19.1. The van der Waals surface area contributed by atoms with Crippen molar-refractivity contribution in [1.29, 1.82) is 0 Å². The number of anilines is 1. The zero-order chi connectivity index (χ0) is 28.5. The number of hydrogen-bond acceptors (Lipinski definition) is 8. The van der Waals surface area contributed by atoms with Crippen molar-refractivity contribution in [3.8, 4) is 22.8 Å². The fourth-order valence-electron chi connectivity index (χ4n) is 4.22. The van der Waals surface area contributed by atoms with Crippen molar-refractivity contribution in [2.24, 2.45) is 4.99 Å². The van der Waals surface area contributed by atoms with Crippen molar-refractivity contribution in [1.82, 2.24) is 15.1 Å². The standard InChI is InChI=1S/C27H23F4N5O4/c1-32-7-8-39-22-11-18-19(12-21(22)38-2)34-20(14-33-18)16-4-3-15(17(28)9-16)10-25(37)35-24-13-23(40-36-24)26(5-6-26)27(29,30)31/h3-4,9,11-14H,1,5-8,10H2,2H3,(H,35,36,37). The number of aliphatic imine (C=N–C) groups is 1. The van der Waals surface area contributed by atoms with Gasteiger partial charge in [0.2, 0.25) is 5.91 Å². The van der Waals surface area contributed by atoms with Crippen LogP contribution in [0.4, 0.5) is 23.4 Å². The molecule has 13 heteroatoms. The first-order valence-corrected chi connectivity index (χ1v) is 12.2. The molecule has 0 atom stereocenters. The van der Waals surface area contributed by atoms with Gasteiger partial charge in [0, 0.05) is 23.8 Å². The van der Waals surface area contributed by atoms with E-state index in [-0.39, 0.29) is 36.4 Å². The molecule has 5 rings (SSSR count). The largest absolute Gasteiger partial charge is 0.493 e. The van der Waals surface area contributed by atoms with E-state index in [1.165, 1.54) is 25.4 Å². The van der Waals surface area contributed by atoms with E-state index in [1.54, 1.807) is 18.2 Å². The highest BCUT2D eigenvalue weighted by molar-refractivity contribution is 5.91. The number of fused-ring (bicyclic) bond motifs is 1. The third-order valence-corrected chi connectivity index (χ3v) is 6.58. The lowest BCUT2D eigenvalue weighted by atomic mass is 10.0. The van der Waals surface area contributed by atoms with Crippen LogP contribution in [0.5, 0.6) is 11.5 Å². The Kier molecular flexibility index (Phi) is 7.13. The van der Waals surface area contributed by atoms with E-state index in [4.69, 9.17) is 14.0 Å². The Morgan fingerprint density at radius 2 is 1.95 bits per heavy atom. The molecule has 2 aromatic heterocycles. The zero-order valence-electron chi connectivity index (χ0n) is 21.2. The molecule has 1 fully saturated rings. The molecule has 0 aliphatic heterocycles. The molecule has 1 saturated carbocycles. The zero-order valence-corrected chi connectivity index (χ0v) is 21.2. The smallest absolute Gasteiger partial charge is 0.401 e. The maximum absolute atomic E-state index is 14.9. The number of amides is 1. The lowest BCUT2D eigenvalue weighted by Crippen LogP contribution is -2.28. The summed E-state index contributed by atoms with van der Waals surface area (Å²) in [6, 6.07) is 8.64. The number of methoxy groups -OCH3 is 1. The molecule has 2 heterocycles. The van der Waals surface area contributed by atoms with Gasteiger partial charge in [-0.25, -0.2) is 9.37 Å². The molecule has 0 unspecified atom stereocenters. The van der Waals surface area contributed by atoms with E-state index < -0.39 is 23.3 Å². The maximum Gasteiger partial charge on any atom is 0.401 e. The molecular formula is C27H23F4N5O4. The number of hydrogen-bond donors (Lipinski definition) is 1. The Balaban J connectivity index is 1.28. The topological polar surface area (TPSA) is 112 Å². The van der Waals surface area contributed by atoms with Crippen LogP contribution in [0.25, 0.3) is 22.3 Å². The summed E-state index contributed by atoms with van der Waals surface area (Å²) in [5.74, 6) is -0.928. The Hall–Kier alpha value is -4.55. The number of halogens is 4. The second kappa shape index (κ2) is 10.5. The van der Waals surface area contributed by atoms with Gasteiger partial charge < -0.3 is 19.3 Å². The minimum atomic E-state index is -4.47. The molecule has 0 saturated heterocycles. The van der Waals surface area contributed by atoms with E-state index in [0.717, 1.165) is 6.07 Å². The summed E-state index contributed by atoms with van der Waals surface area (Å²) in [5.41, 5.74) is -0.124. The van der Waals surface area contributed by atoms with Crippen molar-refractivity contribution in [3.05, 3.63) is 59.7 Å². The average molecular weight is 558 g/mol. The lowest BCUT2D eigenvalue weighted by molar-refractivity contribution is -0.165. The molecule has 9 nitrogen and oxygen atoms in total. The number of ether oxygens (including phenoxy) is 2. The molecule has 40 heavy (non-hydrogen) atoms. The fourth-order valence-corrected chi connectivity index (χ4v) is 4.22. The van der Waals surface area contributed by atoms with E-state index >= 15 is 0 Å². The molecule has 0 radical (unpaired) electrons. The molecular weight excluding hydrogens is 534 g/mol. The maximum atomic E-state index is 14.9. The molecule has 1 aliphatic rings. The number of rotatable bonds is 10. The number of alkyl halides is 3. The van der Waals surface area contributed by atoms with Crippen LogP contribution >= 0.6 is 0 Å². The average Bonchev–Trinajstić information content (AvgIpc) is 3.63. The van der Waals surface area contributed by atoms with Gasteiger partial charge in [-0.15, -0.1) is 0 Å². The third kappa shape index (κ3) is 5.31. The SMILES string of the molecule is C=NCCOc1cc2ncc(-c3ccc(CC(=O)Nc4cc(C5(C(F)(F)F)CC5)on4)c(F)c3)nc2cc1OC. The Labute approximate surface area is 225 Å². The highest BCUT2D eigenvalue weighted by Gasteiger charge is 2.66. The number of nitrogens with zero attached hydrogens (tertiary/aromatic N) is 4. The molecule has 0 spiro atoms. The van der Waals surface area contributed by atoms with E-state index in [9.17, 15) is 22.4 Å². The van der Waals surface area contributed by atoms with Gasteiger partial charge in [-0.05, 0) is 31.2 Å². The minimum absolute atomic E-state index is 0.0742. The predicted molar refractivity (Wildman–Crippen MR) is 137 cm³/mol. The number of aromatic nitrogens is 3. The lowest BCUT2D eigenvalue weighted by Gasteiger charge is -2.14. The van der Waals surface area contributed by atoms with Crippen molar-refractivity contribution >= 4 is 29.5 Å². The van der Waals surface area contributed by atoms with Crippen LogP contribution in [0.2, 0.25) is 0 Å². The van der Waals surface area contributed by atoms with Crippen LogP contribution in [-0.4, -0.2) is 54.2 Å². The quantitative estimate of drug-likeness (QED) is 0.160. The molecule has 4 aromatic rings. The van der Waals surface area contributed by atoms with Crippen LogP contribution in [0.1, 0.15) is 24.2 Å². The summed E-state index contributed by atoms with van der Waals surface area (Å²) >= 11 is 0. The molecule has 1 N–H and O–H groups in total. The van der Waals surface area contributed by atoms with E-state index in [0.29, 0.717) is 46.9 Å². The molecule has 0 bridgehead atoms. The van der Waals surface area contributed by atoms with Crippen LogP contribution in [0.3, 0.4) is 0 Å². The van der Waals surface area contributed by atoms with Gasteiger partial charge in [-0.2, -0.15) is 13.2 Å². The Morgan fingerprint density at radius 1 is 1.18 bits per heavy atom. The summed E-state index contributed by atoms with van der Waals surface area (Å²) < 4.78 is 70.6. The molecule has 1 aliphatic carbocycles. The minimum Gasteiger partial charge on any atom is -0.493 e. The van der Waals surface area contributed by atoms with Crippen molar-refractivity contribution in [2.45, 2.75) is 30.9 Å². The first-order valence-electron chi connectivity index (χ1n) is 12.2. The Bertz CT molecular complexity index is 1580. The summed E-state index contributed by atoms with van der Waals surface area (Å²) in [7, 11) is 1.49.